The first-order chi connectivity index (χ1) is 10.7. The zero-order chi connectivity index (χ0) is 15.1. The standard InChI is InChI=1S/C18H20N4/c1-13-19-10-15-7-8-22(12-17(15)20-13)11-16-9-14-5-3-4-6-18(14)21(16)2/h3-6,9-10H,7-8,11-12H2,1-2H3. The Labute approximate surface area is 130 Å². The fourth-order valence-electron chi connectivity index (χ4n) is 3.32. The van der Waals surface area contributed by atoms with Gasteiger partial charge in [-0.2, -0.15) is 0 Å². The van der Waals surface area contributed by atoms with Crippen LogP contribution in [0.25, 0.3) is 10.9 Å². The van der Waals surface area contributed by atoms with Gasteiger partial charge in [0.1, 0.15) is 5.82 Å². The van der Waals surface area contributed by atoms with E-state index in [1.54, 1.807) is 0 Å². The lowest BCUT2D eigenvalue weighted by Gasteiger charge is -2.28. The summed E-state index contributed by atoms with van der Waals surface area (Å²) < 4.78 is 2.30. The summed E-state index contributed by atoms with van der Waals surface area (Å²) in [6.45, 7) is 4.91. The molecule has 0 amide bonds. The average Bonchev–Trinajstić information content (AvgIpc) is 2.84. The first-order valence-corrected chi connectivity index (χ1v) is 7.78. The number of para-hydroxylation sites is 1. The Hall–Kier alpha value is -2.20. The lowest BCUT2D eigenvalue weighted by Crippen LogP contribution is -2.31. The predicted octanol–water partition coefficient (Wildman–Crippen LogP) is 2.84. The third-order valence-electron chi connectivity index (χ3n) is 4.58. The normalized spacial score (nSPS) is 15.2. The van der Waals surface area contributed by atoms with Gasteiger partial charge in [-0.3, -0.25) is 4.90 Å². The summed E-state index contributed by atoms with van der Waals surface area (Å²) in [4.78, 5) is 11.4. The average molecular weight is 292 g/mol. The summed E-state index contributed by atoms with van der Waals surface area (Å²) in [5.41, 5.74) is 5.15. The quantitative estimate of drug-likeness (QED) is 0.728. The van der Waals surface area contributed by atoms with E-state index in [9.17, 15) is 0 Å². The van der Waals surface area contributed by atoms with Crippen LogP contribution in [0.2, 0.25) is 0 Å². The van der Waals surface area contributed by atoms with Crippen molar-refractivity contribution in [3.05, 3.63) is 59.3 Å². The van der Waals surface area contributed by atoms with Crippen molar-refractivity contribution in [3.63, 3.8) is 0 Å². The van der Waals surface area contributed by atoms with E-state index in [1.807, 2.05) is 13.1 Å². The molecule has 0 radical (unpaired) electrons. The van der Waals surface area contributed by atoms with Gasteiger partial charge < -0.3 is 4.57 Å². The van der Waals surface area contributed by atoms with E-state index in [4.69, 9.17) is 0 Å². The minimum atomic E-state index is 0.866. The fraction of sp³-hybridized carbons (Fsp3) is 0.333. The van der Waals surface area contributed by atoms with E-state index in [-0.39, 0.29) is 0 Å². The van der Waals surface area contributed by atoms with Gasteiger partial charge in [-0.15, -0.1) is 0 Å². The number of benzene rings is 1. The molecule has 1 aromatic carbocycles. The van der Waals surface area contributed by atoms with Gasteiger partial charge in [0.05, 0.1) is 5.69 Å². The van der Waals surface area contributed by atoms with Crippen molar-refractivity contribution in [2.75, 3.05) is 6.54 Å². The van der Waals surface area contributed by atoms with E-state index < -0.39 is 0 Å². The van der Waals surface area contributed by atoms with Crippen LogP contribution in [0.5, 0.6) is 0 Å². The highest BCUT2D eigenvalue weighted by Gasteiger charge is 2.19. The molecule has 0 saturated heterocycles. The first-order valence-electron chi connectivity index (χ1n) is 7.78. The summed E-state index contributed by atoms with van der Waals surface area (Å²) in [6.07, 6.45) is 3.03. The van der Waals surface area contributed by atoms with Crippen LogP contribution in [-0.4, -0.2) is 26.0 Å². The van der Waals surface area contributed by atoms with E-state index in [1.165, 1.54) is 27.9 Å². The van der Waals surface area contributed by atoms with Crippen molar-refractivity contribution in [2.45, 2.75) is 26.4 Å². The van der Waals surface area contributed by atoms with Crippen LogP contribution in [0.4, 0.5) is 0 Å². The van der Waals surface area contributed by atoms with E-state index in [0.29, 0.717) is 0 Å². The molecule has 0 bridgehead atoms. The lowest BCUT2D eigenvalue weighted by atomic mass is 10.1. The van der Waals surface area contributed by atoms with Crippen molar-refractivity contribution in [2.24, 2.45) is 7.05 Å². The van der Waals surface area contributed by atoms with Gasteiger partial charge in [0, 0.05) is 44.1 Å². The highest BCUT2D eigenvalue weighted by molar-refractivity contribution is 5.81. The molecule has 4 heteroatoms. The zero-order valence-electron chi connectivity index (χ0n) is 13.1. The molecule has 3 heterocycles. The summed E-state index contributed by atoms with van der Waals surface area (Å²) in [5.74, 6) is 0.866. The molecular weight excluding hydrogens is 272 g/mol. The fourth-order valence-corrected chi connectivity index (χ4v) is 3.32. The Morgan fingerprint density at radius 3 is 2.95 bits per heavy atom. The maximum Gasteiger partial charge on any atom is 0.125 e. The van der Waals surface area contributed by atoms with Crippen LogP contribution in [0.15, 0.2) is 36.5 Å². The van der Waals surface area contributed by atoms with Crippen LogP contribution in [-0.2, 0) is 26.6 Å². The topological polar surface area (TPSA) is 34.0 Å². The van der Waals surface area contributed by atoms with Crippen LogP contribution < -0.4 is 0 Å². The monoisotopic (exact) mass is 292 g/mol. The van der Waals surface area contributed by atoms with Gasteiger partial charge in [-0.1, -0.05) is 18.2 Å². The highest BCUT2D eigenvalue weighted by atomic mass is 15.2. The van der Waals surface area contributed by atoms with Crippen molar-refractivity contribution < 1.29 is 0 Å². The van der Waals surface area contributed by atoms with Crippen LogP contribution in [0, 0.1) is 6.92 Å². The number of nitrogens with zero attached hydrogens (tertiary/aromatic N) is 4. The number of rotatable bonds is 2. The largest absolute Gasteiger partial charge is 0.346 e. The molecule has 1 aliphatic rings. The Balaban J connectivity index is 1.60. The van der Waals surface area contributed by atoms with E-state index >= 15 is 0 Å². The minimum absolute atomic E-state index is 0.866. The molecule has 0 atom stereocenters. The van der Waals surface area contributed by atoms with Crippen molar-refractivity contribution >= 4 is 10.9 Å². The summed E-state index contributed by atoms with van der Waals surface area (Å²) in [6, 6.07) is 10.9. The van der Waals surface area contributed by atoms with Crippen molar-refractivity contribution in [3.8, 4) is 0 Å². The van der Waals surface area contributed by atoms with Crippen LogP contribution in [0.3, 0.4) is 0 Å². The molecule has 0 unspecified atom stereocenters. The maximum atomic E-state index is 4.61. The molecule has 0 saturated carbocycles. The second kappa shape index (κ2) is 5.21. The maximum absolute atomic E-state index is 4.61. The van der Waals surface area contributed by atoms with Crippen molar-refractivity contribution in [1.82, 2.24) is 19.4 Å². The SMILES string of the molecule is Cc1ncc2c(n1)CN(Cc1cc3ccccc3n1C)CC2. The van der Waals surface area contributed by atoms with E-state index in [2.05, 4.69) is 56.8 Å². The first kappa shape index (κ1) is 13.5. The second-order valence-corrected chi connectivity index (χ2v) is 6.10. The molecule has 0 spiro atoms. The van der Waals surface area contributed by atoms with Gasteiger partial charge in [0.25, 0.3) is 0 Å². The third kappa shape index (κ3) is 2.29. The minimum Gasteiger partial charge on any atom is -0.346 e. The Kier molecular flexibility index (Phi) is 3.19. The molecule has 0 N–H and O–H groups in total. The predicted molar refractivity (Wildman–Crippen MR) is 87.5 cm³/mol. The molecule has 3 aromatic rings. The summed E-state index contributed by atoms with van der Waals surface area (Å²) in [7, 11) is 2.15. The smallest absolute Gasteiger partial charge is 0.125 e. The van der Waals surface area contributed by atoms with E-state index in [0.717, 1.165) is 31.9 Å². The lowest BCUT2D eigenvalue weighted by molar-refractivity contribution is 0.236. The third-order valence-corrected chi connectivity index (χ3v) is 4.58. The molecule has 4 rings (SSSR count). The molecule has 1 aliphatic heterocycles. The van der Waals surface area contributed by atoms with Crippen molar-refractivity contribution in [1.29, 1.82) is 0 Å². The Bertz CT molecular complexity index is 834. The van der Waals surface area contributed by atoms with Gasteiger partial charge in [-0.25, -0.2) is 9.97 Å². The summed E-state index contributed by atoms with van der Waals surface area (Å²) in [5, 5.41) is 1.32. The van der Waals surface area contributed by atoms with Crippen LogP contribution >= 0.6 is 0 Å². The number of fused-ring (bicyclic) bond motifs is 2. The summed E-state index contributed by atoms with van der Waals surface area (Å²) >= 11 is 0. The number of hydrogen-bond acceptors (Lipinski definition) is 3. The van der Waals surface area contributed by atoms with Gasteiger partial charge in [0.2, 0.25) is 0 Å². The Morgan fingerprint density at radius 1 is 1.23 bits per heavy atom. The number of hydrogen-bond donors (Lipinski definition) is 0. The number of aryl methyl sites for hydroxylation is 2. The molecule has 112 valence electrons. The molecule has 0 aliphatic carbocycles. The highest BCUT2D eigenvalue weighted by Crippen LogP contribution is 2.22. The van der Waals surface area contributed by atoms with Crippen LogP contribution in [0.1, 0.15) is 22.8 Å². The van der Waals surface area contributed by atoms with Gasteiger partial charge in [0.15, 0.2) is 0 Å². The van der Waals surface area contributed by atoms with Gasteiger partial charge >= 0.3 is 0 Å². The molecule has 4 nitrogen and oxygen atoms in total. The number of aromatic nitrogens is 3. The van der Waals surface area contributed by atoms with Gasteiger partial charge in [-0.05, 0) is 36.4 Å². The molecule has 2 aromatic heterocycles. The zero-order valence-corrected chi connectivity index (χ0v) is 13.1. The molecular formula is C18H20N4. The molecule has 22 heavy (non-hydrogen) atoms. The Morgan fingerprint density at radius 2 is 2.09 bits per heavy atom. The second-order valence-electron chi connectivity index (χ2n) is 6.10. The molecule has 0 fully saturated rings.